The summed E-state index contributed by atoms with van der Waals surface area (Å²) in [6, 6.07) is 17.9. The molecule has 1 saturated heterocycles. The van der Waals surface area contributed by atoms with Gasteiger partial charge in [-0.2, -0.15) is 4.31 Å². The lowest BCUT2D eigenvalue weighted by Gasteiger charge is -2.33. The predicted molar refractivity (Wildman–Crippen MR) is 124 cm³/mol. The van der Waals surface area contributed by atoms with Gasteiger partial charge in [-0.25, -0.2) is 8.42 Å². The lowest BCUT2D eigenvalue weighted by Crippen LogP contribution is -2.48. The van der Waals surface area contributed by atoms with Crippen LogP contribution in [0.3, 0.4) is 0 Å². The van der Waals surface area contributed by atoms with Crippen LogP contribution in [-0.4, -0.2) is 49.7 Å². The standard InChI is InChI=1S/C22H22ClN3O3S2/c23-18-5-1-3-16(13-18)21-8-7-19(30-21)15-25-9-11-26(12-10-25)31(28,29)20-6-2-4-17(14-20)22(24)27/h1-8,13-14H,9-12,15H2,(H2,24,27). The van der Waals surface area contributed by atoms with Gasteiger partial charge in [-0.15, -0.1) is 11.3 Å². The van der Waals surface area contributed by atoms with Crippen LogP contribution >= 0.6 is 22.9 Å². The second-order valence-electron chi connectivity index (χ2n) is 7.35. The molecule has 2 heterocycles. The zero-order valence-electron chi connectivity index (χ0n) is 16.7. The molecule has 0 spiro atoms. The lowest BCUT2D eigenvalue weighted by atomic mass is 10.2. The first-order valence-corrected chi connectivity index (χ1v) is 12.4. The number of halogens is 1. The number of hydrogen-bond donors (Lipinski definition) is 1. The summed E-state index contributed by atoms with van der Waals surface area (Å²) < 4.78 is 27.4. The van der Waals surface area contributed by atoms with Crippen LogP contribution in [0.25, 0.3) is 10.4 Å². The molecule has 162 valence electrons. The Morgan fingerprint density at radius 1 is 1.00 bits per heavy atom. The maximum Gasteiger partial charge on any atom is 0.248 e. The summed E-state index contributed by atoms with van der Waals surface area (Å²) in [5.41, 5.74) is 6.57. The first-order valence-electron chi connectivity index (χ1n) is 9.80. The second-order valence-corrected chi connectivity index (χ2v) is 10.9. The number of nitrogens with two attached hydrogens (primary N) is 1. The van der Waals surface area contributed by atoms with E-state index in [1.54, 1.807) is 11.3 Å². The van der Waals surface area contributed by atoms with Crippen LogP contribution in [0.2, 0.25) is 5.02 Å². The Hall–Kier alpha value is -2.23. The van der Waals surface area contributed by atoms with E-state index in [4.69, 9.17) is 17.3 Å². The van der Waals surface area contributed by atoms with Gasteiger partial charge in [-0.05, 0) is 48.0 Å². The van der Waals surface area contributed by atoms with Gasteiger partial charge in [0.2, 0.25) is 15.9 Å². The van der Waals surface area contributed by atoms with E-state index in [1.165, 1.54) is 33.4 Å². The monoisotopic (exact) mass is 475 g/mol. The molecule has 0 aliphatic carbocycles. The van der Waals surface area contributed by atoms with Crippen LogP contribution in [0.15, 0.2) is 65.6 Å². The number of hydrogen-bond acceptors (Lipinski definition) is 5. The van der Waals surface area contributed by atoms with Gasteiger partial charge in [-0.3, -0.25) is 9.69 Å². The van der Waals surface area contributed by atoms with Gasteiger partial charge in [0, 0.05) is 53.1 Å². The number of thiophene rings is 1. The first-order chi connectivity index (χ1) is 14.8. The van der Waals surface area contributed by atoms with Crippen LogP contribution < -0.4 is 5.73 Å². The molecule has 6 nitrogen and oxygen atoms in total. The van der Waals surface area contributed by atoms with Gasteiger partial charge in [0.25, 0.3) is 0 Å². The average Bonchev–Trinajstić information content (AvgIpc) is 3.23. The maximum absolute atomic E-state index is 13.0. The Morgan fingerprint density at radius 2 is 1.74 bits per heavy atom. The van der Waals surface area contributed by atoms with Crippen LogP contribution in [0.5, 0.6) is 0 Å². The zero-order chi connectivity index (χ0) is 22.0. The van der Waals surface area contributed by atoms with Crippen molar-refractivity contribution < 1.29 is 13.2 Å². The number of primary amides is 1. The van der Waals surface area contributed by atoms with E-state index in [1.807, 2.05) is 24.3 Å². The third-order valence-electron chi connectivity index (χ3n) is 5.24. The molecular weight excluding hydrogens is 454 g/mol. The summed E-state index contributed by atoms with van der Waals surface area (Å²) >= 11 is 7.82. The number of carbonyl (C=O) groups excluding carboxylic acids is 1. The van der Waals surface area contributed by atoms with Crippen molar-refractivity contribution in [3.8, 4) is 10.4 Å². The van der Waals surface area contributed by atoms with Crippen LogP contribution in [0.4, 0.5) is 0 Å². The van der Waals surface area contributed by atoms with Crippen molar-refractivity contribution in [1.29, 1.82) is 0 Å². The van der Waals surface area contributed by atoms with E-state index in [-0.39, 0.29) is 10.5 Å². The largest absolute Gasteiger partial charge is 0.366 e. The number of rotatable bonds is 6. The summed E-state index contributed by atoms with van der Waals surface area (Å²) in [5.74, 6) is -0.644. The van der Waals surface area contributed by atoms with E-state index < -0.39 is 15.9 Å². The fourth-order valence-corrected chi connectivity index (χ4v) is 6.27. The molecule has 1 aliphatic rings. The molecule has 1 aliphatic heterocycles. The number of nitrogens with zero attached hydrogens (tertiary/aromatic N) is 2. The molecule has 2 aromatic carbocycles. The van der Waals surface area contributed by atoms with Crippen molar-refractivity contribution in [1.82, 2.24) is 9.21 Å². The molecule has 2 N–H and O–H groups in total. The lowest BCUT2D eigenvalue weighted by molar-refractivity contribution is 0.1000. The minimum Gasteiger partial charge on any atom is -0.366 e. The Balaban J connectivity index is 1.39. The Morgan fingerprint density at radius 3 is 2.45 bits per heavy atom. The third kappa shape index (κ3) is 4.99. The Kier molecular flexibility index (Phi) is 6.45. The topological polar surface area (TPSA) is 83.7 Å². The minimum absolute atomic E-state index is 0.0988. The molecule has 0 unspecified atom stereocenters. The van der Waals surface area contributed by atoms with Crippen molar-refractivity contribution in [2.45, 2.75) is 11.4 Å². The fraction of sp³-hybridized carbons (Fsp3) is 0.227. The molecule has 0 bridgehead atoms. The van der Waals surface area contributed by atoms with Crippen molar-refractivity contribution in [2.24, 2.45) is 5.73 Å². The van der Waals surface area contributed by atoms with Crippen molar-refractivity contribution in [3.63, 3.8) is 0 Å². The highest BCUT2D eigenvalue weighted by Gasteiger charge is 2.29. The Labute approximate surface area is 190 Å². The Bertz CT molecular complexity index is 1200. The highest BCUT2D eigenvalue weighted by atomic mass is 35.5. The zero-order valence-corrected chi connectivity index (χ0v) is 19.1. The fourth-order valence-electron chi connectivity index (χ4n) is 3.57. The summed E-state index contributed by atoms with van der Waals surface area (Å²) in [6.07, 6.45) is 0. The smallest absolute Gasteiger partial charge is 0.248 e. The molecule has 9 heteroatoms. The van der Waals surface area contributed by atoms with Crippen molar-refractivity contribution in [3.05, 3.63) is 76.1 Å². The number of piperazine rings is 1. The minimum atomic E-state index is -3.66. The predicted octanol–water partition coefficient (Wildman–Crippen LogP) is 3.67. The molecule has 1 fully saturated rings. The van der Waals surface area contributed by atoms with Crippen molar-refractivity contribution in [2.75, 3.05) is 26.2 Å². The molecule has 0 saturated carbocycles. The highest BCUT2D eigenvalue weighted by Crippen LogP contribution is 2.30. The number of benzene rings is 2. The van der Waals surface area contributed by atoms with Gasteiger partial charge in [0.15, 0.2) is 0 Å². The van der Waals surface area contributed by atoms with E-state index in [2.05, 4.69) is 17.0 Å². The molecular formula is C22H22ClN3O3S2. The van der Waals surface area contributed by atoms with E-state index in [0.29, 0.717) is 31.2 Å². The SMILES string of the molecule is NC(=O)c1cccc(S(=O)(=O)N2CCN(Cc3ccc(-c4cccc(Cl)c4)s3)CC2)c1. The quantitative estimate of drug-likeness (QED) is 0.589. The van der Waals surface area contributed by atoms with E-state index in [0.717, 1.165) is 17.0 Å². The summed E-state index contributed by atoms with van der Waals surface area (Å²) in [7, 11) is -3.66. The summed E-state index contributed by atoms with van der Waals surface area (Å²) in [5, 5.41) is 0.714. The maximum atomic E-state index is 13.0. The number of carbonyl (C=O) groups is 1. The molecule has 1 aromatic heterocycles. The van der Waals surface area contributed by atoms with Gasteiger partial charge < -0.3 is 5.73 Å². The number of sulfonamides is 1. The van der Waals surface area contributed by atoms with Crippen molar-refractivity contribution >= 4 is 38.9 Å². The summed E-state index contributed by atoms with van der Waals surface area (Å²) in [4.78, 5) is 16.1. The van der Waals surface area contributed by atoms with Crippen LogP contribution in [-0.2, 0) is 16.6 Å². The van der Waals surface area contributed by atoms with Crippen LogP contribution in [0.1, 0.15) is 15.2 Å². The number of amides is 1. The second kappa shape index (κ2) is 9.10. The first kappa shape index (κ1) is 22.0. The molecule has 0 atom stereocenters. The molecule has 31 heavy (non-hydrogen) atoms. The van der Waals surface area contributed by atoms with E-state index in [9.17, 15) is 13.2 Å². The van der Waals surface area contributed by atoms with Gasteiger partial charge in [0.1, 0.15) is 0 Å². The average molecular weight is 476 g/mol. The normalized spacial score (nSPS) is 15.8. The molecule has 3 aromatic rings. The summed E-state index contributed by atoms with van der Waals surface area (Å²) in [6.45, 7) is 2.85. The molecule has 4 rings (SSSR count). The van der Waals surface area contributed by atoms with Crippen LogP contribution in [0, 0.1) is 0 Å². The van der Waals surface area contributed by atoms with E-state index >= 15 is 0 Å². The third-order valence-corrected chi connectivity index (χ3v) is 8.49. The van der Waals surface area contributed by atoms with Gasteiger partial charge in [0.05, 0.1) is 4.90 Å². The van der Waals surface area contributed by atoms with Gasteiger partial charge >= 0.3 is 0 Å². The van der Waals surface area contributed by atoms with Gasteiger partial charge in [-0.1, -0.05) is 29.8 Å². The highest BCUT2D eigenvalue weighted by molar-refractivity contribution is 7.89. The molecule has 0 radical (unpaired) electrons. The molecule has 1 amide bonds.